The third-order valence-electron chi connectivity index (χ3n) is 3.53. The van der Waals surface area contributed by atoms with Gasteiger partial charge >= 0.3 is 0 Å². The molecule has 0 spiro atoms. The molecule has 7 heteroatoms. The van der Waals surface area contributed by atoms with Crippen LogP contribution in [0, 0.1) is 12.3 Å². The second kappa shape index (κ2) is 5.20. The maximum Gasteiger partial charge on any atom is 0.262 e. The summed E-state index contributed by atoms with van der Waals surface area (Å²) in [6, 6.07) is 2.76. The summed E-state index contributed by atoms with van der Waals surface area (Å²) in [7, 11) is 1.35. The van der Waals surface area contributed by atoms with Gasteiger partial charge in [0.05, 0.1) is 5.02 Å². The molecule has 1 saturated carbocycles. The highest BCUT2D eigenvalue weighted by atomic mass is 35.7. The van der Waals surface area contributed by atoms with Gasteiger partial charge in [-0.3, -0.25) is 4.79 Å². The standard InChI is InChI=1S/C13H15Cl2NO3S/c1-8-5-9(6-10(11(8)14)20(15,18)19)12(17)16-7-13(2)3-4-13/h5-6H,3-4,7H2,1-2H3,(H,16,17). The normalized spacial score (nSPS) is 16.8. The van der Waals surface area contributed by atoms with Gasteiger partial charge in [0.15, 0.2) is 0 Å². The van der Waals surface area contributed by atoms with E-state index in [0.717, 1.165) is 12.8 Å². The Morgan fingerprint density at radius 3 is 2.50 bits per heavy atom. The summed E-state index contributed by atoms with van der Waals surface area (Å²) in [5.41, 5.74) is 0.921. The van der Waals surface area contributed by atoms with E-state index in [9.17, 15) is 13.2 Å². The van der Waals surface area contributed by atoms with Crippen molar-refractivity contribution in [2.75, 3.05) is 6.54 Å². The van der Waals surface area contributed by atoms with Crippen molar-refractivity contribution in [1.29, 1.82) is 0 Å². The fourth-order valence-corrected chi connectivity index (χ4v) is 3.37. The van der Waals surface area contributed by atoms with Crippen LogP contribution < -0.4 is 5.32 Å². The Bertz CT molecular complexity index is 666. The van der Waals surface area contributed by atoms with E-state index in [0.29, 0.717) is 12.1 Å². The van der Waals surface area contributed by atoms with Gasteiger partial charge in [-0.05, 0) is 42.9 Å². The maximum atomic E-state index is 12.1. The molecule has 2 rings (SSSR count). The molecule has 1 fully saturated rings. The van der Waals surface area contributed by atoms with Crippen molar-refractivity contribution in [2.24, 2.45) is 5.41 Å². The molecule has 0 aliphatic heterocycles. The highest BCUT2D eigenvalue weighted by Gasteiger charge is 2.37. The number of nitrogens with one attached hydrogen (secondary N) is 1. The Balaban J connectivity index is 2.28. The van der Waals surface area contributed by atoms with E-state index < -0.39 is 9.05 Å². The molecule has 1 N–H and O–H groups in total. The molecular formula is C13H15Cl2NO3S. The summed E-state index contributed by atoms with van der Waals surface area (Å²) in [6.45, 7) is 4.30. The molecule has 20 heavy (non-hydrogen) atoms. The Kier molecular flexibility index (Phi) is 4.06. The number of amides is 1. The molecule has 110 valence electrons. The Hall–Kier alpha value is -0.780. The first-order valence-corrected chi connectivity index (χ1v) is 8.84. The maximum absolute atomic E-state index is 12.1. The van der Waals surface area contributed by atoms with Crippen LogP contribution in [0.1, 0.15) is 35.7 Å². The van der Waals surface area contributed by atoms with Crippen molar-refractivity contribution in [1.82, 2.24) is 5.32 Å². The third kappa shape index (κ3) is 3.45. The summed E-state index contributed by atoms with van der Waals surface area (Å²) in [5, 5.41) is 2.85. The fraction of sp³-hybridized carbons (Fsp3) is 0.462. The summed E-state index contributed by atoms with van der Waals surface area (Å²) < 4.78 is 22.9. The Morgan fingerprint density at radius 1 is 1.40 bits per heavy atom. The van der Waals surface area contributed by atoms with Crippen LogP contribution in [0.15, 0.2) is 17.0 Å². The predicted octanol–water partition coefficient (Wildman–Crippen LogP) is 3.11. The molecule has 1 aliphatic carbocycles. The largest absolute Gasteiger partial charge is 0.351 e. The van der Waals surface area contributed by atoms with Gasteiger partial charge in [0.1, 0.15) is 4.90 Å². The summed E-state index contributed by atoms with van der Waals surface area (Å²) in [5.74, 6) is -0.320. The van der Waals surface area contributed by atoms with Gasteiger partial charge in [-0.25, -0.2) is 8.42 Å². The lowest BCUT2D eigenvalue weighted by molar-refractivity contribution is 0.0946. The zero-order chi connectivity index (χ0) is 15.1. The molecule has 4 nitrogen and oxygen atoms in total. The van der Waals surface area contributed by atoms with Crippen LogP contribution in [-0.4, -0.2) is 20.9 Å². The average Bonchev–Trinajstić information content (AvgIpc) is 3.06. The lowest BCUT2D eigenvalue weighted by atomic mass is 10.1. The molecule has 0 unspecified atom stereocenters. The van der Waals surface area contributed by atoms with Gasteiger partial charge in [-0.1, -0.05) is 18.5 Å². The summed E-state index contributed by atoms with van der Waals surface area (Å²) >= 11 is 5.92. The van der Waals surface area contributed by atoms with E-state index in [4.69, 9.17) is 22.3 Å². The van der Waals surface area contributed by atoms with E-state index in [1.54, 1.807) is 13.0 Å². The summed E-state index contributed by atoms with van der Waals surface area (Å²) in [4.78, 5) is 11.8. The monoisotopic (exact) mass is 335 g/mol. The fourth-order valence-electron chi connectivity index (χ4n) is 1.83. The van der Waals surface area contributed by atoms with Crippen LogP contribution in [0.4, 0.5) is 0 Å². The van der Waals surface area contributed by atoms with Gasteiger partial charge in [0.2, 0.25) is 0 Å². The molecule has 1 aromatic carbocycles. The molecule has 0 heterocycles. The van der Waals surface area contributed by atoms with Crippen LogP contribution in [0.3, 0.4) is 0 Å². The minimum atomic E-state index is -3.98. The molecule has 0 aromatic heterocycles. The van der Waals surface area contributed by atoms with Crippen molar-refractivity contribution in [2.45, 2.75) is 31.6 Å². The smallest absolute Gasteiger partial charge is 0.262 e. The second-order valence-corrected chi connectivity index (χ2v) is 8.45. The number of hydrogen-bond donors (Lipinski definition) is 1. The predicted molar refractivity (Wildman–Crippen MR) is 78.9 cm³/mol. The second-order valence-electron chi connectivity index (χ2n) is 5.54. The highest BCUT2D eigenvalue weighted by Crippen LogP contribution is 2.44. The van der Waals surface area contributed by atoms with Crippen molar-refractivity contribution >= 4 is 37.2 Å². The van der Waals surface area contributed by atoms with Crippen molar-refractivity contribution in [3.8, 4) is 0 Å². The van der Waals surface area contributed by atoms with Crippen LogP contribution in [-0.2, 0) is 9.05 Å². The molecule has 1 aromatic rings. The van der Waals surface area contributed by atoms with Crippen molar-refractivity contribution in [3.05, 3.63) is 28.3 Å². The molecule has 0 radical (unpaired) electrons. The first kappa shape index (κ1) is 15.6. The minimum absolute atomic E-state index is 0.0469. The van der Waals surface area contributed by atoms with Crippen LogP contribution >= 0.6 is 22.3 Å². The lowest BCUT2D eigenvalue weighted by Crippen LogP contribution is -2.29. The zero-order valence-electron chi connectivity index (χ0n) is 11.2. The molecule has 0 atom stereocenters. The number of halogens is 2. The summed E-state index contributed by atoms with van der Waals surface area (Å²) in [6.07, 6.45) is 2.18. The van der Waals surface area contributed by atoms with Gasteiger partial charge in [-0.15, -0.1) is 0 Å². The average molecular weight is 336 g/mol. The topological polar surface area (TPSA) is 63.2 Å². The van der Waals surface area contributed by atoms with Gasteiger partial charge in [-0.2, -0.15) is 0 Å². The van der Waals surface area contributed by atoms with E-state index in [1.165, 1.54) is 6.07 Å². The molecular weight excluding hydrogens is 321 g/mol. The quantitative estimate of drug-likeness (QED) is 0.860. The van der Waals surface area contributed by atoms with E-state index in [1.807, 2.05) is 0 Å². The SMILES string of the molecule is Cc1cc(C(=O)NCC2(C)CC2)cc(S(=O)(=O)Cl)c1Cl. The molecule has 1 amide bonds. The van der Waals surface area contributed by atoms with Crippen LogP contribution in [0.2, 0.25) is 5.02 Å². The van der Waals surface area contributed by atoms with Crippen LogP contribution in [0.25, 0.3) is 0 Å². The number of carbonyl (C=O) groups is 1. The number of carbonyl (C=O) groups excluding carboxylic acids is 1. The Labute approximate surface area is 127 Å². The van der Waals surface area contributed by atoms with E-state index in [2.05, 4.69) is 12.2 Å². The van der Waals surface area contributed by atoms with Crippen molar-refractivity contribution in [3.63, 3.8) is 0 Å². The number of hydrogen-bond acceptors (Lipinski definition) is 3. The van der Waals surface area contributed by atoms with Crippen molar-refractivity contribution < 1.29 is 13.2 Å². The minimum Gasteiger partial charge on any atom is -0.351 e. The first-order valence-electron chi connectivity index (χ1n) is 6.15. The highest BCUT2D eigenvalue weighted by molar-refractivity contribution is 8.13. The van der Waals surface area contributed by atoms with E-state index >= 15 is 0 Å². The van der Waals surface area contributed by atoms with Gasteiger partial charge < -0.3 is 5.32 Å². The number of rotatable bonds is 4. The molecule has 0 saturated heterocycles. The van der Waals surface area contributed by atoms with Gasteiger partial charge in [0.25, 0.3) is 15.0 Å². The van der Waals surface area contributed by atoms with Crippen LogP contribution in [0.5, 0.6) is 0 Å². The molecule has 1 aliphatic rings. The lowest BCUT2D eigenvalue weighted by Gasteiger charge is -2.12. The number of benzene rings is 1. The van der Waals surface area contributed by atoms with E-state index in [-0.39, 0.29) is 26.8 Å². The first-order chi connectivity index (χ1) is 9.12. The third-order valence-corrected chi connectivity index (χ3v) is 5.49. The Morgan fingerprint density at radius 2 is 2.00 bits per heavy atom. The molecule has 0 bridgehead atoms. The number of aryl methyl sites for hydroxylation is 1. The van der Waals surface area contributed by atoms with Gasteiger partial charge in [0, 0.05) is 22.8 Å². The zero-order valence-corrected chi connectivity index (χ0v) is 13.5.